The molecule has 0 aliphatic rings. The molecular formula is C22H25N5O2. The van der Waals surface area contributed by atoms with Gasteiger partial charge in [0.25, 0.3) is 11.5 Å². The Labute approximate surface area is 168 Å². The maximum absolute atomic E-state index is 12.5. The number of benzene rings is 2. The van der Waals surface area contributed by atoms with E-state index in [1.165, 1.54) is 10.1 Å². The smallest absolute Gasteiger partial charge is 0.291 e. The van der Waals surface area contributed by atoms with E-state index < -0.39 is 5.56 Å². The van der Waals surface area contributed by atoms with Crippen LogP contribution in [0.4, 0.5) is 0 Å². The number of H-pyrrole nitrogens is 1. The summed E-state index contributed by atoms with van der Waals surface area (Å²) < 4.78 is 1.33. The first-order valence-electron chi connectivity index (χ1n) is 9.75. The number of hydrogen-bond acceptors (Lipinski definition) is 4. The Kier molecular flexibility index (Phi) is 6.39. The summed E-state index contributed by atoms with van der Waals surface area (Å²) in [5.74, 6) is -0.0299. The van der Waals surface area contributed by atoms with Gasteiger partial charge < -0.3 is 10.3 Å². The Morgan fingerprint density at radius 3 is 2.66 bits per heavy atom. The van der Waals surface area contributed by atoms with Crippen LogP contribution in [0, 0.1) is 10.8 Å². The summed E-state index contributed by atoms with van der Waals surface area (Å²) in [6, 6.07) is 15.0. The van der Waals surface area contributed by atoms with Gasteiger partial charge in [-0.05, 0) is 43.0 Å². The third kappa shape index (κ3) is 4.68. The van der Waals surface area contributed by atoms with Gasteiger partial charge >= 0.3 is 0 Å². The van der Waals surface area contributed by atoms with E-state index in [1.807, 2.05) is 25.1 Å². The molecule has 0 saturated carbocycles. The van der Waals surface area contributed by atoms with Gasteiger partial charge in [-0.25, -0.2) is 0 Å². The van der Waals surface area contributed by atoms with Gasteiger partial charge in [-0.15, -0.1) is 0 Å². The van der Waals surface area contributed by atoms with Crippen LogP contribution in [0.25, 0.3) is 11.0 Å². The lowest BCUT2D eigenvalue weighted by Crippen LogP contribution is -2.39. The van der Waals surface area contributed by atoms with Crippen LogP contribution >= 0.6 is 0 Å². The predicted molar refractivity (Wildman–Crippen MR) is 114 cm³/mol. The van der Waals surface area contributed by atoms with Gasteiger partial charge in [-0.3, -0.25) is 25.0 Å². The quantitative estimate of drug-likeness (QED) is 0.282. The van der Waals surface area contributed by atoms with E-state index in [2.05, 4.69) is 22.4 Å². The van der Waals surface area contributed by atoms with Gasteiger partial charge in [-0.2, -0.15) is 0 Å². The fourth-order valence-corrected chi connectivity index (χ4v) is 3.25. The number of carbonyl (C=O) groups is 1. The van der Waals surface area contributed by atoms with Crippen LogP contribution < -0.4 is 16.4 Å². The summed E-state index contributed by atoms with van der Waals surface area (Å²) in [5, 5.41) is 19.1. The first-order valence-corrected chi connectivity index (χ1v) is 9.75. The second-order valence-corrected chi connectivity index (χ2v) is 6.91. The molecule has 3 aromatic rings. The highest BCUT2D eigenvalue weighted by molar-refractivity contribution is 5.98. The third-order valence-corrected chi connectivity index (χ3v) is 4.71. The van der Waals surface area contributed by atoms with E-state index >= 15 is 0 Å². The van der Waals surface area contributed by atoms with Crippen LogP contribution in [0.3, 0.4) is 0 Å². The van der Waals surface area contributed by atoms with Crippen LogP contribution in [0.1, 0.15) is 42.1 Å². The lowest BCUT2D eigenvalue weighted by atomic mass is 10.1. The van der Waals surface area contributed by atoms with Crippen LogP contribution in [0.5, 0.6) is 0 Å². The minimum Gasteiger partial charge on any atom is -0.352 e. The summed E-state index contributed by atoms with van der Waals surface area (Å²) in [4.78, 5) is 27.3. The van der Waals surface area contributed by atoms with Crippen molar-refractivity contribution in [3.05, 3.63) is 75.5 Å². The highest BCUT2D eigenvalue weighted by Gasteiger charge is 2.12. The predicted octanol–water partition coefficient (Wildman–Crippen LogP) is 2.80. The molecule has 7 nitrogen and oxygen atoms in total. The van der Waals surface area contributed by atoms with Gasteiger partial charge in [0.1, 0.15) is 5.84 Å². The number of fused-ring (bicyclic) bond motifs is 1. The molecule has 0 fully saturated rings. The Bertz CT molecular complexity index is 1150. The van der Waals surface area contributed by atoms with E-state index in [0.29, 0.717) is 29.6 Å². The topological polar surface area (TPSA) is 115 Å². The molecule has 0 spiro atoms. The average Bonchev–Trinajstić information content (AvgIpc) is 2.72. The molecule has 0 bridgehead atoms. The van der Waals surface area contributed by atoms with Crippen LogP contribution in [-0.4, -0.2) is 27.8 Å². The van der Waals surface area contributed by atoms with Crippen molar-refractivity contribution in [3.8, 4) is 0 Å². The SMILES string of the molecule is CCCC(=N)n1c(=N)c(=O)[nH]c2cc(C(=O)NCCCc3ccccc3)ccc21. The number of aromatic nitrogens is 2. The molecule has 1 heterocycles. The minimum absolute atomic E-state index is 0.187. The fourth-order valence-electron chi connectivity index (χ4n) is 3.25. The van der Waals surface area contributed by atoms with E-state index in [-0.39, 0.29) is 17.2 Å². The first-order chi connectivity index (χ1) is 14.0. The molecule has 4 N–H and O–H groups in total. The second kappa shape index (κ2) is 9.14. The van der Waals surface area contributed by atoms with Gasteiger partial charge in [0.15, 0.2) is 5.49 Å². The van der Waals surface area contributed by atoms with E-state index in [4.69, 9.17) is 10.8 Å². The molecule has 0 atom stereocenters. The zero-order chi connectivity index (χ0) is 20.8. The number of rotatable bonds is 7. The van der Waals surface area contributed by atoms with Crippen molar-refractivity contribution in [2.75, 3.05) is 6.54 Å². The number of hydrogen-bond donors (Lipinski definition) is 4. The van der Waals surface area contributed by atoms with E-state index in [9.17, 15) is 9.59 Å². The summed E-state index contributed by atoms with van der Waals surface area (Å²) in [6.45, 7) is 2.49. The second-order valence-electron chi connectivity index (χ2n) is 6.91. The summed E-state index contributed by atoms with van der Waals surface area (Å²) in [7, 11) is 0. The lowest BCUT2D eigenvalue weighted by molar-refractivity contribution is 0.0953. The van der Waals surface area contributed by atoms with Crippen LogP contribution in [0.2, 0.25) is 0 Å². The van der Waals surface area contributed by atoms with Gasteiger partial charge in [0, 0.05) is 18.5 Å². The number of aromatic amines is 1. The maximum atomic E-state index is 12.5. The Morgan fingerprint density at radius 2 is 1.93 bits per heavy atom. The van der Waals surface area contributed by atoms with E-state index in [1.54, 1.807) is 18.2 Å². The van der Waals surface area contributed by atoms with Crippen molar-refractivity contribution in [2.24, 2.45) is 0 Å². The number of carbonyl (C=O) groups excluding carboxylic acids is 1. The largest absolute Gasteiger partial charge is 0.352 e. The molecule has 2 aromatic carbocycles. The average molecular weight is 391 g/mol. The van der Waals surface area contributed by atoms with Crippen LogP contribution in [0.15, 0.2) is 53.3 Å². The molecule has 7 heteroatoms. The normalized spacial score (nSPS) is 10.8. The zero-order valence-electron chi connectivity index (χ0n) is 16.4. The number of aryl methyl sites for hydroxylation is 1. The lowest BCUT2D eigenvalue weighted by Gasteiger charge is -2.12. The number of nitrogens with zero attached hydrogens (tertiary/aromatic N) is 1. The van der Waals surface area contributed by atoms with Gasteiger partial charge in [0.05, 0.1) is 11.0 Å². The monoisotopic (exact) mass is 391 g/mol. The minimum atomic E-state index is -0.584. The zero-order valence-corrected chi connectivity index (χ0v) is 16.4. The molecule has 29 heavy (non-hydrogen) atoms. The fraction of sp³-hybridized carbons (Fsp3) is 0.273. The summed E-state index contributed by atoms with van der Waals surface area (Å²) in [5.41, 5.74) is 1.76. The molecule has 0 aliphatic carbocycles. The van der Waals surface area contributed by atoms with Crippen LogP contribution in [-0.2, 0) is 6.42 Å². The van der Waals surface area contributed by atoms with Gasteiger partial charge in [0.2, 0.25) is 0 Å². The molecule has 1 amide bonds. The maximum Gasteiger partial charge on any atom is 0.291 e. The van der Waals surface area contributed by atoms with Crippen molar-refractivity contribution in [3.63, 3.8) is 0 Å². The molecule has 1 aromatic heterocycles. The molecule has 0 saturated heterocycles. The van der Waals surface area contributed by atoms with Crippen molar-refractivity contribution >= 4 is 22.8 Å². The molecule has 0 unspecified atom stereocenters. The third-order valence-electron chi connectivity index (χ3n) is 4.71. The molecular weight excluding hydrogens is 366 g/mol. The first kappa shape index (κ1) is 20.3. The highest BCUT2D eigenvalue weighted by Crippen LogP contribution is 2.12. The van der Waals surface area contributed by atoms with Gasteiger partial charge in [-0.1, -0.05) is 37.3 Å². The van der Waals surface area contributed by atoms with Crippen molar-refractivity contribution < 1.29 is 4.79 Å². The molecule has 150 valence electrons. The standard InChI is InChI=1S/C22H25N5O2/c1-2-7-19(23)27-18-12-11-16(14-17(18)26-22(29)20(27)24)21(28)25-13-6-10-15-8-4-3-5-9-15/h3-5,8-9,11-12,14,23-24H,2,6-7,10,13H2,1H3,(H,25,28)(H,26,29). The number of amides is 1. The van der Waals surface area contributed by atoms with Crippen molar-refractivity contribution in [1.82, 2.24) is 14.9 Å². The summed E-state index contributed by atoms with van der Waals surface area (Å²) >= 11 is 0. The molecule has 0 radical (unpaired) electrons. The Hall–Kier alpha value is -3.48. The molecule has 0 aliphatic heterocycles. The van der Waals surface area contributed by atoms with Crippen molar-refractivity contribution in [1.29, 1.82) is 10.8 Å². The highest BCUT2D eigenvalue weighted by atomic mass is 16.1. The van der Waals surface area contributed by atoms with E-state index in [0.717, 1.165) is 19.3 Å². The summed E-state index contributed by atoms with van der Waals surface area (Å²) in [6.07, 6.45) is 2.91. The Morgan fingerprint density at radius 1 is 1.17 bits per heavy atom. The molecule has 3 rings (SSSR count). The van der Waals surface area contributed by atoms with Crippen molar-refractivity contribution in [2.45, 2.75) is 32.6 Å². The Balaban J connectivity index is 1.76. The number of nitrogens with one attached hydrogen (secondary N) is 4.